The fourth-order valence-corrected chi connectivity index (χ4v) is 4.78. The summed E-state index contributed by atoms with van der Waals surface area (Å²) in [5.41, 5.74) is 0.845. The standard InChI is InChI=1S/C14H15NO4S3/c1-3-19-12(16)6-11-8(2)15-14(22-11)20-7-9-4-5-10(21-9)13(17)18/h4-5H,3,6-7H2,1-2H3,(H,17,18). The molecule has 0 amide bonds. The van der Waals surface area contributed by atoms with E-state index in [-0.39, 0.29) is 12.4 Å². The number of hydrogen-bond donors (Lipinski definition) is 1. The summed E-state index contributed by atoms with van der Waals surface area (Å²) in [4.78, 5) is 29.0. The van der Waals surface area contributed by atoms with E-state index in [0.29, 0.717) is 17.2 Å². The minimum Gasteiger partial charge on any atom is -0.477 e. The number of aryl methyl sites for hydroxylation is 1. The molecule has 0 atom stereocenters. The van der Waals surface area contributed by atoms with E-state index < -0.39 is 5.97 Å². The van der Waals surface area contributed by atoms with Crippen LogP contribution in [0.3, 0.4) is 0 Å². The van der Waals surface area contributed by atoms with Crippen molar-refractivity contribution in [1.29, 1.82) is 0 Å². The predicted molar refractivity (Wildman–Crippen MR) is 88.0 cm³/mol. The number of aromatic nitrogens is 1. The molecule has 0 fully saturated rings. The van der Waals surface area contributed by atoms with Crippen LogP contribution in [-0.4, -0.2) is 28.6 Å². The number of hydrogen-bond acceptors (Lipinski definition) is 7. The van der Waals surface area contributed by atoms with Crippen molar-refractivity contribution in [3.8, 4) is 0 Å². The molecule has 0 unspecified atom stereocenters. The Labute approximate surface area is 140 Å². The Morgan fingerprint density at radius 2 is 2.14 bits per heavy atom. The number of ether oxygens (including phenoxy) is 1. The van der Waals surface area contributed by atoms with Gasteiger partial charge >= 0.3 is 11.9 Å². The van der Waals surface area contributed by atoms with E-state index in [1.165, 1.54) is 22.7 Å². The summed E-state index contributed by atoms with van der Waals surface area (Å²) in [6, 6.07) is 3.43. The minimum atomic E-state index is -0.900. The molecule has 2 aromatic heterocycles. The molecule has 5 nitrogen and oxygen atoms in total. The number of carboxylic acid groups (broad SMARTS) is 1. The highest BCUT2D eigenvalue weighted by molar-refractivity contribution is 8.00. The average Bonchev–Trinajstić information content (AvgIpc) is 3.04. The summed E-state index contributed by atoms with van der Waals surface area (Å²) in [5, 5.41) is 8.90. The van der Waals surface area contributed by atoms with Gasteiger partial charge in [-0.2, -0.15) is 0 Å². The van der Waals surface area contributed by atoms with Crippen LogP contribution in [0, 0.1) is 6.92 Å². The van der Waals surface area contributed by atoms with Crippen molar-refractivity contribution in [3.63, 3.8) is 0 Å². The van der Waals surface area contributed by atoms with Crippen LogP contribution in [0.4, 0.5) is 0 Å². The average molecular weight is 357 g/mol. The third kappa shape index (κ3) is 4.56. The quantitative estimate of drug-likeness (QED) is 0.602. The molecule has 0 radical (unpaired) electrons. The second-order valence-electron chi connectivity index (χ2n) is 4.33. The number of rotatable bonds is 7. The van der Waals surface area contributed by atoms with Gasteiger partial charge in [0.25, 0.3) is 0 Å². The highest BCUT2D eigenvalue weighted by Gasteiger charge is 2.13. The van der Waals surface area contributed by atoms with Crippen LogP contribution in [0.1, 0.15) is 32.0 Å². The monoisotopic (exact) mass is 357 g/mol. The molecular weight excluding hydrogens is 342 g/mol. The first-order valence-corrected chi connectivity index (χ1v) is 9.18. The molecule has 2 heterocycles. The number of thiophene rings is 1. The number of carbonyl (C=O) groups excluding carboxylic acids is 1. The number of thiazole rings is 1. The first kappa shape index (κ1) is 17.0. The number of nitrogens with zero attached hydrogens (tertiary/aromatic N) is 1. The van der Waals surface area contributed by atoms with E-state index in [0.717, 1.165) is 19.8 Å². The van der Waals surface area contributed by atoms with Gasteiger partial charge in [0.05, 0.1) is 18.7 Å². The van der Waals surface area contributed by atoms with E-state index in [2.05, 4.69) is 4.98 Å². The van der Waals surface area contributed by atoms with Gasteiger partial charge in [0.15, 0.2) is 4.34 Å². The molecule has 1 N–H and O–H groups in total. The Morgan fingerprint density at radius 3 is 2.77 bits per heavy atom. The number of esters is 1. The lowest BCUT2D eigenvalue weighted by atomic mass is 10.3. The molecule has 22 heavy (non-hydrogen) atoms. The predicted octanol–water partition coefficient (Wildman–Crippen LogP) is 3.61. The Hall–Kier alpha value is -1.38. The zero-order chi connectivity index (χ0) is 16.1. The van der Waals surface area contributed by atoms with Gasteiger partial charge in [0.1, 0.15) is 4.88 Å². The highest BCUT2D eigenvalue weighted by Crippen LogP contribution is 2.32. The smallest absolute Gasteiger partial charge is 0.345 e. The lowest BCUT2D eigenvalue weighted by Crippen LogP contribution is -2.07. The molecule has 0 aromatic carbocycles. The van der Waals surface area contributed by atoms with Gasteiger partial charge in [0.2, 0.25) is 0 Å². The fourth-order valence-electron chi connectivity index (χ4n) is 1.67. The van der Waals surface area contributed by atoms with Gasteiger partial charge in [-0.25, -0.2) is 9.78 Å². The molecule has 0 spiro atoms. The van der Waals surface area contributed by atoms with Crippen LogP contribution in [0.15, 0.2) is 16.5 Å². The summed E-state index contributed by atoms with van der Waals surface area (Å²) in [6.45, 7) is 4.04. The highest BCUT2D eigenvalue weighted by atomic mass is 32.2. The summed E-state index contributed by atoms with van der Waals surface area (Å²) < 4.78 is 5.82. The third-order valence-corrected chi connectivity index (χ3v) is 6.30. The van der Waals surface area contributed by atoms with Gasteiger partial charge < -0.3 is 9.84 Å². The second kappa shape index (κ2) is 7.75. The SMILES string of the molecule is CCOC(=O)Cc1sc(SCc2ccc(C(=O)O)s2)nc1C. The van der Waals surface area contributed by atoms with Crippen LogP contribution in [0.5, 0.6) is 0 Å². The molecule has 0 saturated heterocycles. The van der Waals surface area contributed by atoms with E-state index in [9.17, 15) is 9.59 Å². The molecule has 0 aliphatic rings. The van der Waals surface area contributed by atoms with E-state index in [4.69, 9.17) is 9.84 Å². The van der Waals surface area contributed by atoms with Gasteiger partial charge in [0, 0.05) is 15.5 Å². The van der Waals surface area contributed by atoms with Crippen LogP contribution >= 0.6 is 34.4 Å². The van der Waals surface area contributed by atoms with Crippen LogP contribution in [0.25, 0.3) is 0 Å². The molecular formula is C14H15NO4S3. The van der Waals surface area contributed by atoms with Crippen molar-refractivity contribution in [2.45, 2.75) is 30.4 Å². The summed E-state index contributed by atoms with van der Waals surface area (Å²) in [7, 11) is 0. The topological polar surface area (TPSA) is 76.5 Å². The zero-order valence-electron chi connectivity index (χ0n) is 12.1. The lowest BCUT2D eigenvalue weighted by Gasteiger charge is -1.99. The first-order chi connectivity index (χ1) is 10.5. The normalized spacial score (nSPS) is 10.6. The van der Waals surface area contributed by atoms with E-state index >= 15 is 0 Å². The Morgan fingerprint density at radius 1 is 1.36 bits per heavy atom. The maximum Gasteiger partial charge on any atom is 0.345 e. The van der Waals surface area contributed by atoms with Crippen molar-refractivity contribution in [1.82, 2.24) is 4.98 Å². The van der Waals surface area contributed by atoms with Crippen molar-refractivity contribution in [2.75, 3.05) is 6.61 Å². The zero-order valence-corrected chi connectivity index (χ0v) is 14.6. The molecule has 2 aromatic rings. The maximum absolute atomic E-state index is 11.5. The minimum absolute atomic E-state index is 0.241. The van der Waals surface area contributed by atoms with Crippen molar-refractivity contribution < 1.29 is 19.4 Å². The first-order valence-electron chi connectivity index (χ1n) is 6.56. The molecule has 118 valence electrons. The second-order valence-corrected chi connectivity index (χ2v) is 7.80. The lowest BCUT2D eigenvalue weighted by molar-refractivity contribution is -0.142. The number of carbonyl (C=O) groups is 2. The molecule has 0 aliphatic carbocycles. The van der Waals surface area contributed by atoms with Gasteiger partial charge in [-0.3, -0.25) is 4.79 Å². The summed E-state index contributed by atoms with van der Waals surface area (Å²) in [6.07, 6.45) is 0.250. The fraction of sp³-hybridized carbons (Fsp3) is 0.357. The van der Waals surface area contributed by atoms with E-state index in [1.807, 2.05) is 13.0 Å². The van der Waals surface area contributed by atoms with Crippen molar-refractivity contribution in [3.05, 3.63) is 32.5 Å². The summed E-state index contributed by atoms with van der Waals surface area (Å²) in [5.74, 6) is -0.470. The van der Waals surface area contributed by atoms with Gasteiger partial charge in [-0.05, 0) is 26.0 Å². The molecule has 0 aliphatic heterocycles. The van der Waals surface area contributed by atoms with Crippen LogP contribution in [-0.2, 0) is 21.7 Å². The summed E-state index contributed by atoms with van der Waals surface area (Å²) >= 11 is 4.30. The third-order valence-electron chi connectivity index (χ3n) is 2.69. The van der Waals surface area contributed by atoms with Crippen LogP contribution < -0.4 is 0 Å². The van der Waals surface area contributed by atoms with E-state index in [1.54, 1.807) is 24.8 Å². The molecule has 0 bridgehead atoms. The maximum atomic E-state index is 11.5. The molecule has 8 heteroatoms. The Bertz CT molecular complexity index is 677. The van der Waals surface area contributed by atoms with Crippen molar-refractivity contribution >= 4 is 46.4 Å². The Balaban J connectivity index is 1.95. The van der Waals surface area contributed by atoms with Crippen LogP contribution in [0.2, 0.25) is 0 Å². The Kier molecular flexibility index (Phi) is 5.98. The van der Waals surface area contributed by atoms with Gasteiger partial charge in [-0.1, -0.05) is 11.8 Å². The number of carboxylic acids is 1. The largest absolute Gasteiger partial charge is 0.477 e. The molecule has 0 saturated carbocycles. The molecule has 2 rings (SSSR count). The number of thioether (sulfide) groups is 1. The van der Waals surface area contributed by atoms with Gasteiger partial charge in [-0.15, -0.1) is 22.7 Å². The van der Waals surface area contributed by atoms with Crippen molar-refractivity contribution in [2.24, 2.45) is 0 Å². The number of aromatic carboxylic acids is 1.